The molecule has 4 nitrogen and oxygen atoms in total. The number of amides is 1. The Balaban J connectivity index is 1.69. The van der Waals surface area contributed by atoms with Gasteiger partial charge in [-0.3, -0.25) is 4.79 Å². The van der Waals surface area contributed by atoms with Crippen molar-refractivity contribution in [3.05, 3.63) is 65.0 Å². The van der Waals surface area contributed by atoms with Crippen LogP contribution in [0, 0.1) is 12.8 Å². The number of aryl methyl sites for hydroxylation is 1. The van der Waals surface area contributed by atoms with Crippen LogP contribution < -0.4 is 10.6 Å². The highest BCUT2D eigenvalue weighted by Gasteiger charge is 2.11. The molecule has 2 N–H and O–H groups in total. The molecular weight excluding hydrogens is 342 g/mol. The third-order valence-corrected chi connectivity index (χ3v) is 4.96. The van der Waals surface area contributed by atoms with Crippen LogP contribution in [0.2, 0.25) is 0 Å². The largest absolute Gasteiger partial charge is 0.357 e. The average Bonchev–Trinajstić information content (AvgIpc) is 3.02. The molecule has 0 bridgehead atoms. The molecule has 0 saturated carbocycles. The summed E-state index contributed by atoms with van der Waals surface area (Å²) in [5.41, 5.74) is 4.07. The molecule has 26 heavy (non-hydrogen) atoms. The van der Waals surface area contributed by atoms with Crippen molar-refractivity contribution in [2.24, 2.45) is 5.92 Å². The first kappa shape index (κ1) is 18.1. The average molecular weight is 366 g/mol. The van der Waals surface area contributed by atoms with Gasteiger partial charge in [0, 0.05) is 28.6 Å². The Kier molecular flexibility index (Phi) is 5.68. The molecule has 2 aromatic carbocycles. The summed E-state index contributed by atoms with van der Waals surface area (Å²) in [5.74, 6) is -0.0105. The van der Waals surface area contributed by atoms with Gasteiger partial charge in [-0.05, 0) is 24.6 Å². The van der Waals surface area contributed by atoms with Crippen LogP contribution in [0.1, 0.15) is 24.3 Å². The van der Waals surface area contributed by atoms with E-state index in [9.17, 15) is 4.79 Å². The van der Waals surface area contributed by atoms with Crippen LogP contribution in [-0.4, -0.2) is 10.9 Å². The Morgan fingerprint density at radius 1 is 1.08 bits per heavy atom. The zero-order valence-corrected chi connectivity index (χ0v) is 16.1. The Labute approximate surface area is 158 Å². The number of anilines is 2. The second-order valence-corrected chi connectivity index (χ2v) is 7.69. The van der Waals surface area contributed by atoms with Gasteiger partial charge in [-0.25, -0.2) is 4.98 Å². The maximum atomic E-state index is 11.8. The van der Waals surface area contributed by atoms with Gasteiger partial charge in [0.2, 0.25) is 5.91 Å². The summed E-state index contributed by atoms with van der Waals surface area (Å²) in [6.07, 6.45) is 0. The van der Waals surface area contributed by atoms with E-state index in [-0.39, 0.29) is 11.8 Å². The quantitative estimate of drug-likeness (QED) is 0.621. The molecule has 0 atom stereocenters. The highest BCUT2D eigenvalue weighted by Crippen LogP contribution is 2.31. The van der Waals surface area contributed by atoms with Crippen LogP contribution in [0.25, 0.3) is 11.3 Å². The number of carbonyl (C=O) groups excluding carboxylic acids is 1. The third kappa shape index (κ3) is 4.49. The van der Waals surface area contributed by atoms with Gasteiger partial charge in [-0.2, -0.15) is 0 Å². The number of thiazole rings is 1. The predicted molar refractivity (Wildman–Crippen MR) is 110 cm³/mol. The van der Waals surface area contributed by atoms with Gasteiger partial charge in [-0.15, -0.1) is 11.3 Å². The highest BCUT2D eigenvalue weighted by molar-refractivity contribution is 7.16. The van der Waals surface area contributed by atoms with Crippen molar-refractivity contribution in [1.82, 2.24) is 4.98 Å². The molecule has 0 unspecified atom stereocenters. The summed E-state index contributed by atoms with van der Waals surface area (Å²) < 4.78 is 0. The number of hydrogen-bond donors (Lipinski definition) is 2. The lowest BCUT2D eigenvalue weighted by Gasteiger charge is -2.08. The fourth-order valence-corrected chi connectivity index (χ4v) is 3.34. The maximum absolute atomic E-state index is 11.8. The Bertz CT molecular complexity index is 870. The van der Waals surface area contributed by atoms with Gasteiger partial charge in [0.1, 0.15) is 0 Å². The van der Waals surface area contributed by atoms with Gasteiger partial charge in [0.05, 0.1) is 5.69 Å². The summed E-state index contributed by atoms with van der Waals surface area (Å²) in [5, 5.41) is 7.22. The lowest BCUT2D eigenvalue weighted by Crippen LogP contribution is -2.17. The number of benzene rings is 2. The van der Waals surface area contributed by atoms with Crippen molar-refractivity contribution in [1.29, 1.82) is 0 Å². The van der Waals surface area contributed by atoms with E-state index >= 15 is 0 Å². The van der Waals surface area contributed by atoms with Crippen LogP contribution in [0.3, 0.4) is 0 Å². The smallest absolute Gasteiger partial charge is 0.226 e. The van der Waals surface area contributed by atoms with E-state index in [1.807, 2.05) is 56.3 Å². The molecule has 5 heteroatoms. The van der Waals surface area contributed by atoms with E-state index in [4.69, 9.17) is 4.98 Å². The molecule has 0 radical (unpaired) electrons. The highest BCUT2D eigenvalue weighted by atomic mass is 32.1. The minimum absolute atomic E-state index is 0.0231. The number of hydrogen-bond acceptors (Lipinski definition) is 4. The number of aromatic nitrogens is 1. The summed E-state index contributed by atoms with van der Waals surface area (Å²) in [6, 6.07) is 18.1. The second-order valence-electron chi connectivity index (χ2n) is 6.48. The van der Waals surface area contributed by atoms with Crippen molar-refractivity contribution in [2.45, 2.75) is 27.3 Å². The molecule has 1 aromatic heterocycles. The lowest BCUT2D eigenvalue weighted by molar-refractivity contribution is -0.118. The van der Waals surface area contributed by atoms with Crippen molar-refractivity contribution in [3.63, 3.8) is 0 Å². The van der Waals surface area contributed by atoms with Crippen molar-refractivity contribution < 1.29 is 4.79 Å². The molecule has 0 aliphatic rings. The molecule has 3 aromatic rings. The first-order valence-electron chi connectivity index (χ1n) is 8.69. The van der Waals surface area contributed by atoms with Crippen LogP contribution in [0.5, 0.6) is 0 Å². The van der Waals surface area contributed by atoms with Gasteiger partial charge in [-0.1, -0.05) is 56.3 Å². The normalized spacial score (nSPS) is 10.8. The Morgan fingerprint density at radius 2 is 1.77 bits per heavy atom. The Hall–Kier alpha value is -2.66. The first-order chi connectivity index (χ1) is 12.5. The molecule has 1 heterocycles. The Morgan fingerprint density at radius 3 is 2.42 bits per heavy atom. The van der Waals surface area contributed by atoms with Crippen molar-refractivity contribution in [3.8, 4) is 11.3 Å². The van der Waals surface area contributed by atoms with Gasteiger partial charge >= 0.3 is 0 Å². The summed E-state index contributed by atoms with van der Waals surface area (Å²) in [4.78, 5) is 17.7. The van der Waals surface area contributed by atoms with Crippen molar-refractivity contribution in [2.75, 3.05) is 10.6 Å². The van der Waals surface area contributed by atoms with Crippen LogP contribution >= 0.6 is 11.3 Å². The van der Waals surface area contributed by atoms with Crippen molar-refractivity contribution >= 4 is 28.1 Å². The molecule has 0 fully saturated rings. The number of carbonyl (C=O) groups is 1. The summed E-state index contributed by atoms with van der Waals surface area (Å²) in [6.45, 7) is 6.60. The second kappa shape index (κ2) is 8.15. The third-order valence-electron chi connectivity index (χ3n) is 4.03. The van der Waals surface area contributed by atoms with E-state index in [0.29, 0.717) is 0 Å². The number of rotatable bonds is 6. The van der Waals surface area contributed by atoms with Crippen LogP contribution in [0.4, 0.5) is 10.8 Å². The molecule has 0 spiro atoms. The van der Waals surface area contributed by atoms with E-state index in [1.165, 1.54) is 10.4 Å². The zero-order valence-electron chi connectivity index (χ0n) is 15.2. The fraction of sp³-hybridized carbons (Fsp3) is 0.238. The predicted octanol–water partition coefficient (Wildman–Crippen LogP) is 5.33. The molecule has 0 aliphatic carbocycles. The SMILES string of the molecule is Cc1sc(NCc2ccccc2)nc1-c1ccc(NC(=O)C(C)C)cc1. The van der Waals surface area contributed by atoms with E-state index < -0.39 is 0 Å². The van der Waals surface area contributed by atoms with Crippen LogP contribution in [0.15, 0.2) is 54.6 Å². The van der Waals surface area contributed by atoms with E-state index in [1.54, 1.807) is 11.3 Å². The standard InChI is InChI=1S/C21H23N3OS/c1-14(2)20(25)23-18-11-9-17(10-12-18)19-15(3)26-21(24-19)22-13-16-7-5-4-6-8-16/h4-12,14H,13H2,1-3H3,(H,22,24)(H,23,25). The maximum Gasteiger partial charge on any atom is 0.226 e. The molecule has 0 saturated heterocycles. The molecule has 134 valence electrons. The topological polar surface area (TPSA) is 54.0 Å². The fourth-order valence-electron chi connectivity index (χ4n) is 2.51. The minimum Gasteiger partial charge on any atom is -0.357 e. The monoisotopic (exact) mass is 365 g/mol. The summed E-state index contributed by atoms with van der Waals surface area (Å²) in [7, 11) is 0. The summed E-state index contributed by atoms with van der Waals surface area (Å²) >= 11 is 1.66. The minimum atomic E-state index is -0.0336. The zero-order chi connectivity index (χ0) is 18.5. The van der Waals surface area contributed by atoms with Gasteiger partial charge in [0.15, 0.2) is 5.13 Å². The van der Waals surface area contributed by atoms with Gasteiger partial charge < -0.3 is 10.6 Å². The number of nitrogens with one attached hydrogen (secondary N) is 2. The first-order valence-corrected chi connectivity index (χ1v) is 9.51. The molecule has 1 amide bonds. The van der Waals surface area contributed by atoms with Gasteiger partial charge in [0.25, 0.3) is 0 Å². The van der Waals surface area contributed by atoms with Crippen LogP contribution in [-0.2, 0) is 11.3 Å². The molecular formula is C21H23N3OS. The van der Waals surface area contributed by atoms with E-state index in [2.05, 4.69) is 29.7 Å². The lowest BCUT2D eigenvalue weighted by atomic mass is 10.1. The molecule has 0 aliphatic heterocycles. The number of nitrogens with zero attached hydrogens (tertiary/aromatic N) is 1. The van der Waals surface area contributed by atoms with E-state index in [0.717, 1.165) is 28.6 Å². The molecule has 3 rings (SSSR count).